The Morgan fingerprint density at radius 2 is 1.96 bits per heavy atom. The van der Waals surface area contributed by atoms with E-state index < -0.39 is 0 Å². The number of benzene rings is 1. The van der Waals surface area contributed by atoms with Crippen LogP contribution in [-0.4, -0.2) is 20.7 Å². The molecule has 0 atom stereocenters. The summed E-state index contributed by atoms with van der Waals surface area (Å²) in [5.74, 6) is -0.443. The average Bonchev–Trinajstić information content (AvgIpc) is 3.06. The number of nitrogens with one attached hydrogen (secondary N) is 1. The van der Waals surface area contributed by atoms with Crippen molar-refractivity contribution in [3.8, 4) is 5.69 Å². The van der Waals surface area contributed by atoms with Crippen LogP contribution in [-0.2, 0) is 6.54 Å². The fourth-order valence-corrected chi connectivity index (χ4v) is 2.65. The third-order valence-corrected chi connectivity index (χ3v) is 3.83. The molecule has 0 bridgehead atoms. The van der Waals surface area contributed by atoms with Crippen LogP contribution in [0.15, 0.2) is 54.9 Å². The van der Waals surface area contributed by atoms with Crippen LogP contribution in [0.2, 0.25) is 0 Å². The first-order valence-electron chi connectivity index (χ1n) is 8.08. The third-order valence-electron chi connectivity index (χ3n) is 3.83. The summed E-state index contributed by atoms with van der Waals surface area (Å²) in [6.45, 7) is 4.33. The largest absolute Gasteiger partial charge is 0.346 e. The summed E-state index contributed by atoms with van der Waals surface area (Å²) in [6, 6.07) is 11.6. The van der Waals surface area contributed by atoms with E-state index in [2.05, 4.69) is 15.4 Å². The van der Waals surface area contributed by atoms with E-state index in [4.69, 9.17) is 0 Å². The molecule has 0 fully saturated rings. The summed E-state index contributed by atoms with van der Waals surface area (Å²) in [4.78, 5) is 16.8. The second-order valence-electron chi connectivity index (χ2n) is 5.99. The highest BCUT2D eigenvalue weighted by atomic mass is 19.1. The van der Waals surface area contributed by atoms with E-state index in [9.17, 15) is 9.18 Å². The first kappa shape index (κ1) is 16.8. The Morgan fingerprint density at radius 3 is 2.60 bits per heavy atom. The Morgan fingerprint density at radius 1 is 1.20 bits per heavy atom. The first-order valence-corrected chi connectivity index (χ1v) is 8.08. The molecule has 0 unspecified atom stereocenters. The molecule has 5 nitrogen and oxygen atoms in total. The van der Waals surface area contributed by atoms with Gasteiger partial charge in [-0.1, -0.05) is 19.9 Å². The minimum Gasteiger partial charge on any atom is -0.346 e. The number of hydrogen-bond acceptors (Lipinski definition) is 3. The van der Waals surface area contributed by atoms with Crippen molar-refractivity contribution in [1.29, 1.82) is 0 Å². The molecule has 3 rings (SSSR count). The molecule has 0 aliphatic rings. The number of nitrogens with zero attached hydrogens (tertiary/aromatic N) is 3. The van der Waals surface area contributed by atoms with E-state index in [1.165, 1.54) is 12.1 Å². The number of hydrogen-bond donors (Lipinski definition) is 1. The van der Waals surface area contributed by atoms with Gasteiger partial charge in [0.15, 0.2) is 0 Å². The molecule has 2 aromatic heterocycles. The molecular formula is C19H19FN4O. The molecule has 1 aromatic carbocycles. The molecule has 128 valence electrons. The van der Waals surface area contributed by atoms with E-state index in [0.717, 1.165) is 11.4 Å². The highest BCUT2D eigenvalue weighted by Crippen LogP contribution is 2.23. The summed E-state index contributed by atoms with van der Waals surface area (Å²) < 4.78 is 14.8. The fourth-order valence-electron chi connectivity index (χ4n) is 2.65. The van der Waals surface area contributed by atoms with E-state index in [0.29, 0.717) is 17.8 Å². The van der Waals surface area contributed by atoms with Crippen LogP contribution in [0.1, 0.15) is 41.5 Å². The zero-order valence-corrected chi connectivity index (χ0v) is 14.1. The van der Waals surface area contributed by atoms with Gasteiger partial charge in [0.25, 0.3) is 5.91 Å². The maximum absolute atomic E-state index is 13.2. The molecule has 3 aromatic rings. The highest BCUT2D eigenvalue weighted by molar-refractivity contribution is 5.95. The number of rotatable bonds is 5. The lowest BCUT2D eigenvalue weighted by atomic mass is 10.0. The number of carbonyl (C=O) groups is 1. The van der Waals surface area contributed by atoms with Crippen molar-refractivity contribution < 1.29 is 9.18 Å². The minimum atomic E-state index is -0.310. The van der Waals surface area contributed by atoms with Gasteiger partial charge < -0.3 is 5.32 Å². The fraction of sp³-hybridized carbons (Fsp3) is 0.211. The van der Waals surface area contributed by atoms with Gasteiger partial charge in [-0.05, 0) is 42.3 Å². The second-order valence-corrected chi connectivity index (χ2v) is 5.99. The lowest BCUT2D eigenvalue weighted by molar-refractivity contribution is 0.0949. The zero-order chi connectivity index (χ0) is 17.8. The Bertz CT molecular complexity index is 857. The summed E-state index contributed by atoms with van der Waals surface area (Å²) in [6.07, 6.45) is 3.24. The standard InChI is InChI=1S/C19H19FN4O/c1-13(2)18-17(19(25)22-11-15-5-3-4-10-21-15)12-23-24(18)16-8-6-14(20)7-9-16/h3-10,12-13H,11H2,1-2H3,(H,22,25). The van der Waals surface area contributed by atoms with Gasteiger partial charge in [0.05, 0.1) is 35.4 Å². The summed E-state index contributed by atoms with van der Waals surface area (Å²) in [7, 11) is 0. The highest BCUT2D eigenvalue weighted by Gasteiger charge is 2.20. The number of carbonyl (C=O) groups excluding carboxylic acids is 1. The SMILES string of the molecule is CC(C)c1c(C(=O)NCc2ccccn2)cnn1-c1ccc(F)cc1. The van der Waals surface area contributed by atoms with Gasteiger partial charge in [0, 0.05) is 6.20 Å². The van der Waals surface area contributed by atoms with Crippen LogP contribution >= 0.6 is 0 Å². The zero-order valence-electron chi connectivity index (χ0n) is 14.1. The molecule has 25 heavy (non-hydrogen) atoms. The topological polar surface area (TPSA) is 59.8 Å². The molecule has 6 heteroatoms. The van der Waals surface area contributed by atoms with Gasteiger partial charge in [0.2, 0.25) is 0 Å². The monoisotopic (exact) mass is 338 g/mol. The lowest BCUT2D eigenvalue weighted by Crippen LogP contribution is -2.24. The normalized spacial score (nSPS) is 10.9. The minimum absolute atomic E-state index is 0.0724. The summed E-state index contributed by atoms with van der Waals surface area (Å²) >= 11 is 0. The first-order chi connectivity index (χ1) is 12.1. The molecule has 2 heterocycles. The number of aromatic nitrogens is 3. The number of pyridine rings is 1. The molecule has 0 saturated heterocycles. The molecule has 0 aliphatic heterocycles. The summed E-state index contributed by atoms with van der Waals surface area (Å²) in [5, 5.41) is 7.20. The van der Waals surface area contributed by atoms with E-state index >= 15 is 0 Å². The van der Waals surface area contributed by atoms with Crippen LogP contribution in [0.4, 0.5) is 4.39 Å². The molecule has 0 radical (unpaired) electrons. The molecule has 1 amide bonds. The van der Waals surface area contributed by atoms with Gasteiger partial charge in [-0.2, -0.15) is 5.10 Å². The molecule has 0 spiro atoms. The third kappa shape index (κ3) is 3.74. The van der Waals surface area contributed by atoms with Crippen molar-refractivity contribution in [1.82, 2.24) is 20.1 Å². The van der Waals surface area contributed by atoms with E-state index in [1.54, 1.807) is 29.2 Å². The van der Waals surface area contributed by atoms with E-state index in [-0.39, 0.29) is 17.6 Å². The summed E-state index contributed by atoms with van der Waals surface area (Å²) in [5.41, 5.74) is 2.79. The van der Waals surface area contributed by atoms with Crippen molar-refractivity contribution in [2.45, 2.75) is 26.3 Å². The van der Waals surface area contributed by atoms with Crippen LogP contribution in [0.5, 0.6) is 0 Å². The molecule has 1 N–H and O–H groups in total. The van der Waals surface area contributed by atoms with Crippen molar-refractivity contribution in [3.63, 3.8) is 0 Å². The smallest absolute Gasteiger partial charge is 0.255 e. The van der Waals surface area contributed by atoms with Crippen molar-refractivity contribution in [2.75, 3.05) is 0 Å². The molecule has 0 saturated carbocycles. The van der Waals surface area contributed by atoms with Crippen molar-refractivity contribution in [2.24, 2.45) is 0 Å². The second kappa shape index (κ2) is 7.25. The Hall–Kier alpha value is -3.02. The maximum atomic E-state index is 13.2. The molecule has 0 aliphatic carbocycles. The van der Waals surface area contributed by atoms with Crippen molar-refractivity contribution >= 4 is 5.91 Å². The predicted octanol–water partition coefficient (Wildman–Crippen LogP) is 3.46. The van der Waals surface area contributed by atoms with Crippen LogP contribution in [0.3, 0.4) is 0 Å². The van der Waals surface area contributed by atoms with Gasteiger partial charge in [-0.25, -0.2) is 9.07 Å². The average molecular weight is 338 g/mol. The lowest BCUT2D eigenvalue weighted by Gasteiger charge is -2.13. The number of amides is 1. The van der Waals surface area contributed by atoms with Gasteiger partial charge in [-0.3, -0.25) is 9.78 Å². The molecular weight excluding hydrogens is 319 g/mol. The van der Waals surface area contributed by atoms with Crippen LogP contribution in [0, 0.1) is 5.82 Å². The Labute approximate surface area is 145 Å². The Kier molecular flexibility index (Phi) is 4.88. The quantitative estimate of drug-likeness (QED) is 0.775. The van der Waals surface area contributed by atoms with Gasteiger partial charge in [0.1, 0.15) is 5.82 Å². The van der Waals surface area contributed by atoms with Gasteiger partial charge in [-0.15, -0.1) is 0 Å². The van der Waals surface area contributed by atoms with Gasteiger partial charge >= 0.3 is 0 Å². The van der Waals surface area contributed by atoms with Crippen molar-refractivity contribution in [3.05, 3.63) is 77.6 Å². The van der Waals surface area contributed by atoms with Crippen LogP contribution in [0.25, 0.3) is 5.69 Å². The predicted molar refractivity (Wildman–Crippen MR) is 93.0 cm³/mol. The van der Waals surface area contributed by atoms with E-state index in [1.807, 2.05) is 32.0 Å². The van der Waals surface area contributed by atoms with Crippen LogP contribution < -0.4 is 5.32 Å². The Balaban J connectivity index is 1.86. The number of halogens is 1. The maximum Gasteiger partial charge on any atom is 0.255 e.